The summed E-state index contributed by atoms with van der Waals surface area (Å²) in [7, 11) is 0. The Morgan fingerprint density at radius 3 is 2.70 bits per heavy atom. The van der Waals surface area contributed by atoms with Crippen LogP contribution < -0.4 is 0 Å². The molecule has 0 amide bonds. The molecule has 0 aromatic rings. The molecule has 58 valence electrons. The van der Waals surface area contributed by atoms with Gasteiger partial charge in [0.15, 0.2) is 0 Å². The zero-order valence-corrected chi connectivity index (χ0v) is 6.64. The molecule has 0 radical (unpaired) electrons. The van der Waals surface area contributed by atoms with Crippen molar-refractivity contribution in [3.8, 4) is 0 Å². The molecule has 0 rings (SSSR count). The number of hydrogen-bond donors (Lipinski definition) is 1. The summed E-state index contributed by atoms with van der Waals surface area (Å²) in [6.45, 7) is 1.82. The zero-order chi connectivity index (χ0) is 7.98. The first-order valence-corrected chi connectivity index (χ1v) is 3.41. The number of rotatable bonds is 4. The van der Waals surface area contributed by atoms with E-state index < -0.39 is 5.97 Å². The molecule has 0 N–H and O–H groups in total. The second-order valence-corrected chi connectivity index (χ2v) is 2.10. The highest BCUT2D eigenvalue weighted by Gasteiger charge is 2.15. The first kappa shape index (κ1) is 9.49. The van der Waals surface area contributed by atoms with Crippen molar-refractivity contribution in [2.45, 2.75) is 19.8 Å². The number of carbonyl (C=O) groups is 2. The van der Waals surface area contributed by atoms with Gasteiger partial charge < -0.3 is 8.98 Å². The van der Waals surface area contributed by atoms with E-state index in [2.05, 4.69) is 17.1 Å². The van der Waals surface area contributed by atoms with Gasteiger partial charge in [-0.25, -0.2) is 0 Å². The molecule has 10 heavy (non-hydrogen) atoms. The number of thiol groups is 1. The van der Waals surface area contributed by atoms with Crippen LogP contribution in [0.25, 0.3) is 0 Å². The minimum Gasteiger partial charge on any atom is -0.394 e. The van der Waals surface area contributed by atoms with Crippen molar-refractivity contribution in [2.24, 2.45) is 5.92 Å². The first-order valence-electron chi connectivity index (χ1n) is 3.05. The Labute approximate surface area is 65.4 Å². The van der Waals surface area contributed by atoms with Crippen LogP contribution in [0.2, 0.25) is 0 Å². The molecule has 3 nitrogen and oxygen atoms in total. The normalized spacial score (nSPS) is 12.2. The second-order valence-electron chi connectivity index (χ2n) is 1.92. The number of hydrogen-bond acceptors (Lipinski definition) is 4. The van der Waals surface area contributed by atoms with Crippen LogP contribution in [0.3, 0.4) is 0 Å². The highest BCUT2D eigenvalue weighted by atomic mass is 32.1. The maximum Gasteiger partial charge on any atom is 0.321 e. The van der Waals surface area contributed by atoms with Crippen LogP contribution in [0.5, 0.6) is 0 Å². The molecule has 1 atom stereocenters. The number of carbonyl (C=O) groups excluding carboxylic acids is 2. The molecule has 0 bridgehead atoms. The lowest BCUT2D eigenvalue weighted by Gasteiger charge is -2.05. The van der Waals surface area contributed by atoms with Gasteiger partial charge in [0.05, 0.1) is 5.92 Å². The molecule has 0 fully saturated rings. The van der Waals surface area contributed by atoms with Gasteiger partial charge in [-0.1, -0.05) is 6.92 Å². The van der Waals surface area contributed by atoms with Gasteiger partial charge >= 0.3 is 5.97 Å². The predicted octanol–water partition coefficient (Wildman–Crippen LogP) is 0.990. The first-order chi connectivity index (χ1) is 4.76. The summed E-state index contributed by atoms with van der Waals surface area (Å²) in [6.07, 6.45) is 1.53. The molecule has 0 heterocycles. The summed E-state index contributed by atoms with van der Waals surface area (Å²) < 4.78 is 4.15. The van der Waals surface area contributed by atoms with E-state index >= 15 is 0 Å². The van der Waals surface area contributed by atoms with Crippen molar-refractivity contribution in [1.82, 2.24) is 0 Å². The minimum atomic E-state index is -0.432. The van der Waals surface area contributed by atoms with Crippen molar-refractivity contribution >= 4 is 25.2 Å². The lowest BCUT2D eigenvalue weighted by atomic mass is 10.0. The lowest BCUT2D eigenvalue weighted by Crippen LogP contribution is -2.13. The highest BCUT2D eigenvalue weighted by Crippen LogP contribution is 2.08. The van der Waals surface area contributed by atoms with Crippen LogP contribution in [-0.2, 0) is 13.8 Å². The highest BCUT2D eigenvalue weighted by molar-refractivity contribution is 7.75. The Morgan fingerprint density at radius 1 is 1.80 bits per heavy atom. The van der Waals surface area contributed by atoms with E-state index in [1.54, 1.807) is 0 Å². The average Bonchev–Trinajstić information content (AvgIpc) is 1.99. The Balaban J connectivity index is 3.79. The zero-order valence-electron chi connectivity index (χ0n) is 5.74. The fourth-order valence-electron chi connectivity index (χ4n) is 0.620. The summed E-state index contributed by atoms with van der Waals surface area (Å²) >= 11 is 3.34. The van der Waals surface area contributed by atoms with Crippen LogP contribution in [-0.4, -0.2) is 12.3 Å². The van der Waals surface area contributed by atoms with E-state index in [0.717, 1.165) is 0 Å². The third-order valence-corrected chi connectivity index (χ3v) is 1.48. The van der Waals surface area contributed by atoms with Crippen molar-refractivity contribution in [1.29, 1.82) is 0 Å². The Hall–Kier alpha value is -0.510. The van der Waals surface area contributed by atoms with Crippen LogP contribution in [0.4, 0.5) is 0 Å². The summed E-state index contributed by atoms with van der Waals surface area (Å²) in [6, 6.07) is 0. The van der Waals surface area contributed by atoms with Crippen LogP contribution in [0.1, 0.15) is 19.8 Å². The molecule has 0 spiro atoms. The van der Waals surface area contributed by atoms with Crippen LogP contribution >= 0.6 is 12.9 Å². The van der Waals surface area contributed by atoms with E-state index in [1.807, 2.05) is 6.92 Å². The standard InChI is InChI=1S/C6H10O3S/c1-2-5(3-4-7)6(8)9-10/h4-5,10H,2-3H2,1H3. The van der Waals surface area contributed by atoms with Crippen molar-refractivity contribution < 1.29 is 13.8 Å². The van der Waals surface area contributed by atoms with Gasteiger partial charge in [0, 0.05) is 19.3 Å². The molecule has 4 heteroatoms. The van der Waals surface area contributed by atoms with Gasteiger partial charge in [-0.05, 0) is 6.42 Å². The van der Waals surface area contributed by atoms with Crippen LogP contribution in [0, 0.1) is 5.92 Å². The molecular weight excluding hydrogens is 152 g/mol. The third-order valence-electron chi connectivity index (χ3n) is 1.30. The van der Waals surface area contributed by atoms with Gasteiger partial charge in [-0.3, -0.25) is 4.79 Å². The molecule has 0 aliphatic heterocycles. The summed E-state index contributed by atoms with van der Waals surface area (Å²) in [5, 5.41) is 0. The van der Waals surface area contributed by atoms with Gasteiger partial charge in [-0.2, -0.15) is 0 Å². The molecule has 0 saturated carbocycles. The Kier molecular flexibility index (Phi) is 5.02. The van der Waals surface area contributed by atoms with Crippen molar-refractivity contribution in [3.63, 3.8) is 0 Å². The minimum absolute atomic E-state index is 0.218. The maximum atomic E-state index is 10.7. The second kappa shape index (κ2) is 5.29. The fourth-order valence-corrected chi connectivity index (χ4v) is 0.769. The molecule has 1 unspecified atom stereocenters. The van der Waals surface area contributed by atoms with E-state index in [1.165, 1.54) is 0 Å². The van der Waals surface area contributed by atoms with Gasteiger partial charge in [0.25, 0.3) is 0 Å². The molecule has 0 aromatic heterocycles. The summed E-state index contributed by atoms with van der Waals surface area (Å²) in [4.78, 5) is 20.6. The lowest BCUT2D eigenvalue weighted by molar-refractivity contribution is -0.138. The van der Waals surface area contributed by atoms with Gasteiger partial charge in [0.2, 0.25) is 0 Å². The smallest absolute Gasteiger partial charge is 0.321 e. The molecule has 0 aliphatic carbocycles. The van der Waals surface area contributed by atoms with Crippen molar-refractivity contribution in [2.75, 3.05) is 0 Å². The summed E-state index contributed by atoms with van der Waals surface area (Å²) in [5.41, 5.74) is 0. The van der Waals surface area contributed by atoms with Crippen molar-refractivity contribution in [3.05, 3.63) is 0 Å². The Bertz CT molecular complexity index is 124. The molecule has 0 saturated heterocycles. The van der Waals surface area contributed by atoms with Crippen LogP contribution in [0.15, 0.2) is 0 Å². The average molecular weight is 162 g/mol. The molecule has 0 aromatic carbocycles. The van der Waals surface area contributed by atoms with E-state index in [-0.39, 0.29) is 12.3 Å². The topological polar surface area (TPSA) is 43.4 Å². The monoisotopic (exact) mass is 162 g/mol. The molecular formula is C6H10O3S. The van der Waals surface area contributed by atoms with E-state index in [0.29, 0.717) is 12.7 Å². The summed E-state index contributed by atoms with van der Waals surface area (Å²) in [5.74, 6) is -0.757. The fraction of sp³-hybridized carbons (Fsp3) is 0.667. The third kappa shape index (κ3) is 2.87. The molecule has 0 aliphatic rings. The number of aldehydes is 1. The predicted molar refractivity (Wildman–Crippen MR) is 39.5 cm³/mol. The van der Waals surface area contributed by atoms with E-state index in [4.69, 9.17) is 0 Å². The SMILES string of the molecule is CCC(CC=O)C(=O)OS. The quantitative estimate of drug-likeness (QED) is 0.381. The van der Waals surface area contributed by atoms with Gasteiger partial charge in [-0.15, -0.1) is 0 Å². The maximum absolute atomic E-state index is 10.7. The van der Waals surface area contributed by atoms with E-state index in [9.17, 15) is 9.59 Å². The van der Waals surface area contributed by atoms with Gasteiger partial charge in [0.1, 0.15) is 6.29 Å². The largest absolute Gasteiger partial charge is 0.394 e. The Morgan fingerprint density at radius 2 is 2.40 bits per heavy atom.